The molecule has 6 heteroatoms. The van der Waals surface area contributed by atoms with E-state index < -0.39 is 0 Å². The van der Waals surface area contributed by atoms with Crippen LogP contribution in [0.15, 0.2) is 59.5 Å². The fourth-order valence-corrected chi connectivity index (χ4v) is 4.92. The van der Waals surface area contributed by atoms with Gasteiger partial charge in [-0.25, -0.2) is 0 Å². The Morgan fingerprint density at radius 1 is 0.897 bits per heavy atom. The fraction of sp³-hybridized carbons (Fsp3) is 0.130. The minimum absolute atomic E-state index is 0.129. The minimum atomic E-state index is -0.149. The van der Waals surface area contributed by atoms with Gasteiger partial charge in [-0.15, -0.1) is 0 Å². The number of methoxy groups -OCH3 is 3. The molecule has 4 aromatic rings. The third kappa shape index (κ3) is 3.53. The van der Waals surface area contributed by atoms with Crippen molar-refractivity contribution >= 4 is 31.1 Å². The third-order valence-corrected chi connectivity index (χ3v) is 6.46. The van der Waals surface area contributed by atoms with Crippen LogP contribution in [0.5, 0.6) is 17.2 Å². The van der Waals surface area contributed by atoms with Crippen LogP contribution in [0.1, 0.15) is 14.9 Å². The Bertz CT molecular complexity index is 1170. The number of rotatable bonds is 6. The van der Waals surface area contributed by atoms with E-state index in [9.17, 15) is 4.79 Å². The van der Waals surface area contributed by atoms with Crippen molar-refractivity contribution in [3.8, 4) is 28.5 Å². The Morgan fingerprint density at radius 2 is 1.59 bits per heavy atom. The SMILES string of the molecule is COc1cc(C(=O)c2nc(-c3cccc4ccccc34)c[se]2)cc(OC)c1OC. The quantitative estimate of drug-likeness (QED) is 0.324. The zero-order valence-corrected chi connectivity index (χ0v) is 18.0. The van der Waals surface area contributed by atoms with E-state index in [1.807, 2.05) is 24.3 Å². The summed E-state index contributed by atoms with van der Waals surface area (Å²) in [6.45, 7) is 0. The van der Waals surface area contributed by atoms with Crippen molar-refractivity contribution in [3.63, 3.8) is 0 Å². The summed E-state index contributed by atoms with van der Waals surface area (Å²) in [7, 11) is 4.60. The molecule has 0 fully saturated rings. The van der Waals surface area contributed by atoms with Gasteiger partial charge in [-0.1, -0.05) is 0 Å². The van der Waals surface area contributed by atoms with E-state index >= 15 is 0 Å². The number of hydrogen-bond donors (Lipinski definition) is 0. The van der Waals surface area contributed by atoms with Crippen LogP contribution in [-0.2, 0) is 0 Å². The molecule has 3 aromatic carbocycles. The molecule has 0 radical (unpaired) electrons. The van der Waals surface area contributed by atoms with Gasteiger partial charge in [-0.05, 0) is 0 Å². The molecule has 1 heterocycles. The van der Waals surface area contributed by atoms with Crippen molar-refractivity contribution in [2.75, 3.05) is 21.3 Å². The van der Waals surface area contributed by atoms with Crippen molar-refractivity contribution in [2.45, 2.75) is 0 Å². The van der Waals surface area contributed by atoms with Crippen LogP contribution in [0.25, 0.3) is 22.0 Å². The maximum atomic E-state index is 13.1. The molecule has 4 rings (SSSR count). The van der Waals surface area contributed by atoms with Crippen LogP contribution in [-0.4, -0.2) is 46.6 Å². The van der Waals surface area contributed by atoms with Crippen LogP contribution < -0.4 is 14.2 Å². The van der Waals surface area contributed by atoms with Crippen molar-refractivity contribution in [1.82, 2.24) is 4.98 Å². The van der Waals surface area contributed by atoms with Gasteiger partial charge < -0.3 is 0 Å². The molecule has 0 bridgehead atoms. The Kier molecular flexibility index (Phi) is 5.38. The van der Waals surface area contributed by atoms with Gasteiger partial charge in [0.1, 0.15) is 0 Å². The summed E-state index contributed by atoms with van der Waals surface area (Å²) in [5.74, 6) is 1.22. The molecule has 146 valence electrons. The Labute approximate surface area is 174 Å². The first-order chi connectivity index (χ1) is 14.2. The molecule has 0 spiro atoms. The van der Waals surface area contributed by atoms with E-state index in [2.05, 4.69) is 28.1 Å². The number of hydrogen-bond acceptors (Lipinski definition) is 5. The van der Waals surface area contributed by atoms with Crippen molar-refractivity contribution in [3.05, 3.63) is 69.7 Å². The number of fused-ring (bicyclic) bond motifs is 1. The first kappa shape index (κ1) is 19.2. The van der Waals surface area contributed by atoms with Crippen LogP contribution in [0.2, 0.25) is 0 Å². The second kappa shape index (κ2) is 8.11. The number of benzene rings is 3. The molecule has 0 unspecified atom stereocenters. The van der Waals surface area contributed by atoms with E-state index in [1.165, 1.54) is 21.3 Å². The van der Waals surface area contributed by atoms with Crippen LogP contribution >= 0.6 is 0 Å². The fourth-order valence-electron chi connectivity index (χ4n) is 3.29. The molecule has 0 aliphatic carbocycles. The number of ketones is 1. The summed E-state index contributed by atoms with van der Waals surface area (Å²) in [5, 5.41) is 2.28. The molecular weight excluding hydrogens is 433 g/mol. The first-order valence-electron chi connectivity index (χ1n) is 8.94. The molecule has 1 aromatic heterocycles. The zero-order valence-electron chi connectivity index (χ0n) is 16.3. The van der Waals surface area contributed by atoms with E-state index in [0.29, 0.717) is 27.4 Å². The molecule has 0 saturated carbocycles. The topological polar surface area (TPSA) is 57.7 Å². The van der Waals surface area contributed by atoms with Gasteiger partial charge >= 0.3 is 175 Å². The average Bonchev–Trinajstić information content (AvgIpc) is 3.27. The standard InChI is InChI=1S/C23H19NO4Se/c1-26-19-11-15(12-20(27-2)22(19)28-3)21(25)23-24-18(13-29-23)17-10-6-8-14-7-4-5-9-16(14)17/h4-13H,1-3H3. The molecular formula is C23H19NO4Se. The Hall–Kier alpha value is -3.08. The number of carbonyl (C=O) groups is 1. The van der Waals surface area contributed by atoms with Gasteiger partial charge in [0.25, 0.3) is 0 Å². The number of aromatic nitrogens is 1. The Balaban J connectivity index is 1.74. The summed E-state index contributed by atoms with van der Waals surface area (Å²) in [4.78, 5) is 19.9. The van der Waals surface area contributed by atoms with Crippen molar-refractivity contribution in [2.24, 2.45) is 0 Å². The summed E-state index contributed by atoms with van der Waals surface area (Å²) in [5.41, 5.74) is 2.35. The van der Waals surface area contributed by atoms with Crippen LogP contribution in [0.3, 0.4) is 0 Å². The van der Waals surface area contributed by atoms with Crippen LogP contribution in [0.4, 0.5) is 0 Å². The molecule has 5 nitrogen and oxygen atoms in total. The van der Waals surface area contributed by atoms with E-state index in [0.717, 1.165) is 22.0 Å². The van der Waals surface area contributed by atoms with E-state index in [1.54, 1.807) is 12.1 Å². The van der Waals surface area contributed by atoms with Crippen molar-refractivity contribution < 1.29 is 19.0 Å². The van der Waals surface area contributed by atoms with E-state index in [4.69, 9.17) is 14.2 Å². The summed E-state index contributed by atoms with van der Waals surface area (Å²) in [6.07, 6.45) is 0. The second-order valence-corrected chi connectivity index (χ2v) is 8.11. The summed E-state index contributed by atoms with van der Waals surface area (Å²) < 4.78 is 16.6. The average molecular weight is 452 g/mol. The second-order valence-electron chi connectivity index (χ2n) is 6.31. The molecule has 0 aliphatic heterocycles. The summed E-state index contributed by atoms with van der Waals surface area (Å²) in [6, 6.07) is 17.6. The third-order valence-electron chi connectivity index (χ3n) is 4.69. The van der Waals surface area contributed by atoms with Gasteiger partial charge in [0.05, 0.1) is 0 Å². The first-order valence-corrected chi connectivity index (χ1v) is 10.8. The Morgan fingerprint density at radius 3 is 2.28 bits per heavy atom. The van der Waals surface area contributed by atoms with Gasteiger partial charge in [-0.2, -0.15) is 0 Å². The molecule has 0 aliphatic rings. The molecule has 0 amide bonds. The van der Waals surface area contributed by atoms with Crippen LogP contribution in [0, 0.1) is 0 Å². The van der Waals surface area contributed by atoms with E-state index in [-0.39, 0.29) is 20.3 Å². The molecule has 0 atom stereocenters. The molecule has 29 heavy (non-hydrogen) atoms. The van der Waals surface area contributed by atoms with Gasteiger partial charge in [0, 0.05) is 0 Å². The normalized spacial score (nSPS) is 10.7. The zero-order chi connectivity index (χ0) is 20.4. The maximum absolute atomic E-state index is 13.1. The van der Waals surface area contributed by atoms with Gasteiger partial charge in [0.2, 0.25) is 0 Å². The number of nitrogens with zero attached hydrogens (tertiary/aromatic N) is 1. The monoisotopic (exact) mass is 453 g/mol. The van der Waals surface area contributed by atoms with Gasteiger partial charge in [0.15, 0.2) is 0 Å². The summed E-state index contributed by atoms with van der Waals surface area (Å²) >= 11 is -0.149. The number of ether oxygens (including phenoxy) is 3. The predicted octanol–water partition coefficient (Wildman–Crippen LogP) is 4.22. The molecule has 0 N–H and O–H groups in total. The molecule has 0 saturated heterocycles. The van der Waals surface area contributed by atoms with Crippen molar-refractivity contribution in [1.29, 1.82) is 0 Å². The number of carbonyl (C=O) groups excluding carboxylic acids is 1. The predicted molar refractivity (Wildman–Crippen MR) is 114 cm³/mol. The van der Waals surface area contributed by atoms with Gasteiger partial charge in [-0.3, -0.25) is 0 Å².